The molecule has 0 aromatic carbocycles. The molecule has 2 unspecified atom stereocenters. The van der Waals surface area contributed by atoms with Crippen LogP contribution in [0.15, 0.2) is 5.38 Å². The molecule has 4 aliphatic carbocycles. The summed E-state index contributed by atoms with van der Waals surface area (Å²) in [4.78, 5) is 12.5. The maximum atomic E-state index is 13.7. The summed E-state index contributed by atoms with van der Waals surface area (Å²) in [6.07, 6.45) is -1.41. The molecule has 4 saturated carbocycles. The maximum absolute atomic E-state index is 13.7. The molecule has 4 fully saturated rings. The molecule has 7 heteroatoms. The molecule has 1 heterocycles. The number of rotatable bonds is 2. The summed E-state index contributed by atoms with van der Waals surface area (Å²) < 4.78 is 45.3. The van der Waals surface area contributed by atoms with E-state index in [4.69, 9.17) is 0 Å². The Morgan fingerprint density at radius 1 is 1.30 bits per heavy atom. The number of hydrogen-bond acceptors (Lipinski definition) is 3. The average molecular weight is 344 g/mol. The summed E-state index contributed by atoms with van der Waals surface area (Å²) in [5, 5.41) is 4.66. The molecule has 4 bridgehead atoms. The molecule has 1 N–H and O–H groups in total. The Morgan fingerprint density at radius 2 is 1.96 bits per heavy atom. The van der Waals surface area contributed by atoms with Gasteiger partial charge in [-0.25, -0.2) is 0 Å². The van der Waals surface area contributed by atoms with Crippen LogP contribution in [0, 0.1) is 24.2 Å². The molecule has 23 heavy (non-hydrogen) atoms. The van der Waals surface area contributed by atoms with Crippen molar-refractivity contribution in [3.8, 4) is 0 Å². The molecule has 0 radical (unpaired) electrons. The molecule has 4 atom stereocenters. The van der Waals surface area contributed by atoms with E-state index in [0.717, 1.165) is 6.42 Å². The van der Waals surface area contributed by atoms with Crippen molar-refractivity contribution in [1.29, 1.82) is 0 Å². The highest BCUT2D eigenvalue weighted by molar-refractivity contribution is 7.03. The largest absolute Gasteiger partial charge is 0.394 e. The first kappa shape index (κ1) is 15.4. The number of amides is 1. The SMILES string of the molecule is Cc1nscc1C(=O)NC12C[C@H]3C[C@@H](C1)CC(C(F)(F)F)(C3)C2. The lowest BCUT2D eigenvalue weighted by Gasteiger charge is -2.62. The monoisotopic (exact) mass is 344 g/mol. The first-order valence-corrected chi connectivity index (χ1v) is 8.86. The standard InChI is InChI=1S/C16H19F3N2OS/c1-9-12(7-23-21-9)13(22)20-15-5-10-2-11(6-15)4-14(3-10,8-15)16(17,18)19/h7,10-11H,2-6,8H2,1H3,(H,20,22)/t10-,11+,14?,15?. The Labute approximate surface area is 136 Å². The topological polar surface area (TPSA) is 42.0 Å². The number of nitrogens with zero attached hydrogens (tertiary/aromatic N) is 1. The van der Waals surface area contributed by atoms with Gasteiger partial charge in [0.05, 0.1) is 16.7 Å². The van der Waals surface area contributed by atoms with E-state index in [2.05, 4.69) is 9.69 Å². The van der Waals surface area contributed by atoms with E-state index in [9.17, 15) is 18.0 Å². The molecule has 126 valence electrons. The molecule has 5 rings (SSSR count). The van der Waals surface area contributed by atoms with Crippen LogP contribution in [0.1, 0.15) is 54.6 Å². The van der Waals surface area contributed by atoms with E-state index in [1.165, 1.54) is 11.5 Å². The van der Waals surface area contributed by atoms with Crippen molar-refractivity contribution in [3.63, 3.8) is 0 Å². The highest BCUT2D eigenvalue weighted by Gasteiger charge is 2.67. The van der Waals surface area contributed by atoms with E-state index >= 15 is 0 Å². The number of alkyl halides is 3. The minimum absolute atomic E-state index is 0.0405. The molecule has 1 amide bonds. The second kappa shape index (κ2) is 4.71. The summed E-state index contributed by atoms with van der Waals surface area (Å²) in [6, 6.07) is 0. The van der Waals surface area contributed by atoms with Crippen LogP contribution in [0.2, 0.25) is 0 Å². The van der Waals surface area contributed by atoms with Gasteiger partial charge in [0.15, 0.2) is 0 Å². The maximum Gasteiger partial charge on any atom is 0.394 e. The third kappa shape index (κ3) is 2.30. The number of aromatic nitrogens is 1. The molecule has 0 saturated heterocycles. The van der Waals surface area contributed by atoms with Gasteiger partial charge in [0.2, 0.25) is 0 Å². The fraction of sp³-hybridized carbons (Fsp3) is 0.750. The van der Waals surface area contributed by atoms with E-state index in [1.54, 1.807) is 12.3 Å². The van der Waals surface area contributed by atoms with Crippen LogP contribution in [0.3, 0.4) is 0 Å². The second-order valence-electron chi connectivity index (χ2n) is 7.79. The number of carbonyl (C=O) groups excluding carboxylic acids is 1. The van der Waals surface area contributed by atoms with Crippen LogP contribution in [-0.2, 0) is 0 Å². The summed E-state index contributed by atoms with van der Waals surface area (Å²) in [5.74, 6) is -0.102. The van der Waals surface area contributed by atoms with E-state index in [-0.39, 0.29) is 37.0 Å². The van der Waals surface area contributed by atoms with Crippen LogP contribution in [0.25, 0.3) is 0 Å². The van der Waals surface area contributed by atoms with Gasteiger partial charge in [0, 0.05) is 10.9 Å². The first-order chi connectivity index (χ1) is 10.7. The molecule has 1 aromatic rings. The minimum Gasteiger partial charge on any atom is -0.346 e. The summed E-state index contributed by atoms with van der Waals surface area (Å²) >= 11 is 1.20. The normalized spacial score (nSPS) is 38.8. The number of carbonyl (C=O) groups is 1. The highest BCUT2D eigenvalue weighted by atomic mass is 32.1. The lowest BCUT2D eigenvalue weighted by Crippen LogP contribution is -2.66. The fourth-order valence-corrected chi connectivity index (χ4v) is 6.25. The summed E-state index contributed by atoms with van der Waals surface area (Å²) in [5.41, 5.74) is -1.15. The van der Waals surface area contributed by atoms with Crippen molar-refractivity contribution in [2.75, 3.05) is 0 Å². The Hall–Kier alpha value is -1.11. The molecule has 4 aliphatic rings. The van der Waals surface area contributed by atoms with E-state index in [1.807, 2.05) is 0 Å². The van der Waals surface area contributed by atoms with Crippen LogP contribution in [-0.4, -0.2) is 22.0 Å². The van der Waals surface area contributed by atoms with Crippen molar-refractivity contribution < 1.29 is 18.0 Å². The Bertz CT molecular complexity index is 640. The van der Waals surface area contributed by atoms with Crippen molar-refractivity contribution in [2.24, 2.45) is 17.3 Å². The van der Waals surface area contributed by atoms with Gasteiger partial charge < -0.3 is 5.32 Å². The van der Waals surface area contributed by atoms with Gasteiger partial charge in [0.1, 0.15) is 0 Å². The minimum atomic E-state index is -4.18. The number of aryl methyl sites for hydroxylation is 1. The smallest absolute Gasteiger partial charge is 0.346 e. The zero-order chi connectivity index (χ0) is 16.5. The Kier molecular flexibility index (Phi) is 3.16. The van der Waals surface area contributed by atoms with Gasteiger partial charge in [-0.3, -0.25) is 4.79 Å². The van der Waals surface area contributed by atoms with Gasteiger partial charge >= 0.3 is 6.18 Å². The van der Waals surface area contributed by atoms with Crippen LogP contribution in [0.5, 0.6) is 0 Å². The van der Waals surface area contributed by atoms with Crippen LogP contribution in [0.4, 0.5) is 13.2 Å². The van der Waals surface area contributed by atoms with Crippen LogP contribution < -0.4 is 5.32 Å². The predicted molar refractivity (Wildman–Crippen MR) is 80.2 cm³/mol. The lowest BCUT2D eigenvalue weighted by molar-refractivity contribution is -0.277. The van der Waals surface area contributed by atoms with Crippen molar-refractivity contribution in [2.45, 2.75) is 57.2 Å². The van der Waals surface area contributed by atoms with Gasteiger partial charge in [-0.2, -0.15) is 17.5 Å². The molecule has 0 aliphatic heterocycles. The third-order valence-electron chi connectivity index (χ3n) is 6.04. The van der Waals surface area contributed by atoms with Crippen molar-refractivity contribution in [1.82, 2.24) is 9.69 Å². The highest BCUT2D eigenvalue weighted by Crippen LogP contribution is 2.66. The van der Waals surface area contributed by atoms with Crippen molar-refractivity contribution in [3.05, 3.63) is 16.6 Å². The predicted octanol–water partition coefficient (Wildman–Crippen LogP) is 4.08. The summed E-state index contributed by atoms with van der Waals surface area (Å²) in [7, 11) is 0. The van der Waals surface area contributed by atoms with E-state index in [0.29, 0.717) is 24.1 Å². The third-order valence-corrected chi connectivity index (χ3v) is 6.76. The van der Waals surface area contributed by atoms with Gasteiger partial charge in [0.25, 0.3) is 5.91 Å². The quantitative estimate of drug-likeness (QED) is 0.878. The molecule has 0 spiro atoms. The van der Waals surface area contributed by atoms with E-state index < -0.39 is 17.1 Å². The average Bonchev–Trinajstić information content (AvgIpc) is 2.81. The Morgan fingerprint density at radius 3 is 2.48 bits per heavy atom. The summed E-state index contributed by atoms with van der Waals surface area (Å²) in [6.45, 7) is 1.75. The Balaban J connectivity index is 1.64. The zero-order valence-corrected chi connectivity index (χ0v) is 13.7. The molecular weight excluding hydrogens is 325 g/mol. The molecule has 1 aromatic heterocycles. The first-order valence-electron chi connectivity index (χ1n) is 8.02. The van der Waals surface area contributed by atoms with Gasteiger partial charge in [-0.1, -0.05) is 0 Å². The zero-order valence-electron chi connectivity index (χ0n) is 12.9. The van der Waals surface area contributed by atoms with Crippen molar-refractivity contribution >= 4 is 17.4 Å². The number of halogens is 3. The number of nitrogens with one attached hydrogen (secondary N) is 1. The fourth-order valence-electron chi connectivity index (χ4n) is 5.56. The molecular formula is C16H19F3N2OS. The van der Waals surface area contributed by atoms with Gasteiger partial charge in [-0.15, -0.1) is 0 Å². The molecule has 3 nitrogen and oxygen atoms in total. The lowest BCUT2D eigenvalue weighted by atomic mass is 9.46. The van der Waals surface area contributed by atoms with Gasteiger partial charge in [-0.05, 0) is 68.8 Å². The number of hydrogen-bond donors (Lipinski definition) is 1. The van der Waals surface area contributed by atoms with Crippen LogP contribution >= 0.6 is 11.5 Å². The second-order valence-corrected chi connectivity index (χ2v) is 8.42.